The molecule has 0 aromatic heterocycles. The molecule has 228 valence electrons. The number of amides is 3. The van der Waals surface area contributed by atoms with E-state index in [4.69, 9.17) is 16.3 Å². The Balaban J connectivity index is 0.000000711. The Labute approximate surface area is 249 Å². The van der Waals surface area contributed by atoms with Crippen molar-refractivity contribution in [2.24, 2.45) is 0 Å². The first-order valence-corrected chi connectivity index (χ1v) is 14.7. The summed E-state index contributed by atoms with van der Waals surface area (Å²) in [6, 6.07) is 11.7. The molecule has 3 N–H and O–H groups in total. The average molecular weight is 593 g/mol. The third-order valence-electron chi connectivity index (χ3n) is 6.08. The molecule has 8 nitrogen and oxygen atoms in total. The van der Waals surface area contributed by atoms with Crippen LogP contribution in [-0.4, -0.2) is 68.5 Å². The first-order valence-electron chi connectivity index (χ1n) is 14.3. The molecule has 0 saturated carbocycles. The number of rotatable bonds is 3. The second-order valence-corrected chi connectivity index (χ2v) is 9.91. The van der Waals surface area contributed by atoms with Gasteiger partial charge in [-0.3, -0.25) is 14.4 Å². The maximum Gasteiger partial charge on any atom is 0.240 e. The van der Waals surface area contributed by atoms with E-state index in [1.807, 2.05) is 52.0 Å². The summed E-state index contributed by atoms with van der Waals surface area (Å²) in [4.78, 5) is 38.2. The van der Waals surface area contributed by atoms with Gasteiger partial charge >= 0.3 is 0 Å². The Morgan fingerprint density at radius 1 is 1.02 bits per heavy atom. The summed E-state index contributed by atoms with van der Waals surface area (Å²) >= 11 is 5.61. The Bertz CT molecular complexity index is 1050. The van der Waals surface area contributed by atoms with E-state index in [9.17, 15) is 18.8 Å². The van der Waals surface area contributed by atoms with Gasteiger partial charge in [0.05, 0.1) is 19.1 Å². The Kier molecular flexibility index (Phi) is 18.1. The van der Waals surface area contributed by atoms with Crippen LogP contribution in [0.2, 0.25) is 5.02 Å². The minimum Gasteiger partial charge on any atom is -0.492 e. The van der Waals surface area contributed by atoms with Crippen molar-refractivity contribution in [3.05, 3.63) is 64.4 Å². The molecule has 0 fully saturated rings. The molecule has 10 heteroatoms. The molecule has 1 aliphatic rings. The first kappa shape index (κ1) is 35.9. The minimum absolute atomic E-state index is 0.125. The highest BCUT2D eigenvalue weighted by molar-refractivity contribution is 6.30. The lowest BCUT2D eigenvalue weighted by atomic mass is 10.1. The van der Waals surface area contributed by atoms with Gasteiger partial charge in [0.25, 0.3) is 0 Å². The highest BCUT2D eigenvalue weighted by Crippen LogP contribution is 2.21. The summed E-state index contributed by atoms with van der Waals surface area (Å²) in [5, 5.41) is 9.28. The van der Waals surface area contributed by atoms with Crippen LogP contribution in [0.15, 0.2) is 42.5 Å². The van der Waals surface area contributed by atoms with Gasteiger partial charge in [-0.25, -0.2) is 4.39 Å². The molecule has 0 spiro atoms. The topological polar surface area (TPSA) is 99.8 Å². The van der Waals surface area contributed by atoms with Crippen LogP contribution in [0.1, 0.15) is 57.6 Å². The Morgan fingerprint density at radius 2 is 1.73 bits per heavy atom. The number of hydrogen-bond acceptors (Lipinski definition) is 5. The van der Waals surface area contributed by atoms with E-state index in [2.05, 4.69) is 16.0 Å². The molecule has 1 aliphatic heterocycles. The first-order chi connectivity index (χ1) is 19.7. The van der Waals surface area contributed by atoms with Gasteiger partial charge < -0.3 is 25.6 Å². The van der Waals surface area contributed by atoms with Gasteiger partial charge in [0.15, 0.2) is 0 Å². The van der Waals surface area contributed by atoms with Gasteiger partial charge in [0.2, 0.25) is 17.7 Å². The predicted molar refractivity (Wildman–Crippen MR) is 163 cm³/mol. The van der Waals surface area contributed by atoms with Gasteiger partial charge in [0, 0.05) is 31.2 Å². The van der Waals surface area contributed by atoms with Crippen molar-refractivity contribution < 1.29 is 23.5 Å². The number of aryl methyl sites for hydroxylation is 2. The summed E-state index contributed by atoms with van der Waals surface area (Å²) in [6.07, 6.45) is 3.69. The van der Waals surface area contributed by atoms with E-state index in [1.165, 1.54) is 22.6 Å². The van der Waals surface area contributed by atoms with Crippen LogP contribution < -0.4 is 20.7 Å². The second kappa shape index (κ2) is 20.7. The summed E-state index contributed by atoms with van der Waals surface area (Å²) < 4.78 is 19.5. The molecule has 0 unspecified atom stereocenters. The number of carbonyl (C=O) groups excluding carboxylic acids is 3. The molecule has 3 rings (SSSR count). The SMILES string of the molecule is CC.CCCC[C@@H]1NCCOc2cc(F)ccc2CCCNC(=O)CNC(=O)CN(C)C1=O.Cc1ccc(Cl)cc1. The van der Waals surface area contributed by atoms with Crippen LogP contribution in [0.5, 0.6) is 5.75 Å². The third-order valence-corrected chi connectivity index (χ3v) is 6.34. The fraction of sp³-hybridized carbons (Fsp3) is 0.516. The fourth-order valence-corrected chi connectivity index (χ4v) is 4.01. The van der Waals surface area contributed by atoms with Crippen molar-refractivity contribution in [1.82, 2.24) is 20.9 Å². The largest absolute Gasteiger partial charge is 0.492 e. The fourth-order valence-electron chi connectivity index (χ4n) is 3.88. The number of likely N-dealkylation sites (N-methyl/N-ethyl adjacent to an activating group) is 1. The lowest BCUT2D eigenvalue weighted by Gasteiger charge is -2.24. The zero-order valence-electron chi connectivity index (χ0n) is 25.0. The molecule has 0 bridgehead atoms. The molecular weight excluding hydrogens is 547 g/mol. The van der Waals surface area contributed by atoms with E-state index in [-0.39, 0.29) is 43.2 Å². The van der Waals surface area contributed by atoms with Gasteiger partial charge in [-0.1, -0.05) is 69.0 Å². The van der Waals surface area contributed by atoms with Crippen LogP contribution in [0.25, 0.3) is 0 Å². The van der Waals surface area contributed by atoms with Crippen LogP contribution in [0.3, 0.4) is 0 Å². The number of unbranched alkanes of at least 4 members (excludes halogenated alkanes) is 1. The standard InChI is InChI=1S/C22H33FN4O4.C7H7Cl.C2H6/c1-3-4-7-18-22(30)27(2)15-21(29)26-14-20(28)25-10-5-6-16-8-9-17(23)13-19(16)31-12-11-24-18;1-6-2-4-7(8)5-3-6;1-2/h8-9,13,18,24H,3-7,10-12,14-15H2,1-2H3,(H,25,28)(H,26,29);2-5H,1H3;1-2H3/t18-;;/m0../s1. The minimum atomic E-state index is -0.449. The van der Waals surface area contributed by atoms with Crippen LogP contribution >= 0.6 is 11.6 Å². The van der Waals surface area contributed by atoms with Gasteiger partial charge in [-0.05, 0) is 49.9 Å². The molecule has 2 aromatic carbocycles. The quantitative estimate of drug-likeness (QED) is 0.481. The van der Waals surface area contributed by atoms with Crippen molar-refractivity contribution in [2.45, 2.75) is 65.8 Å². The number of ether oxygens (including phenoxy) is 1. The summed E-state index contributed by atoms with van der Waals surface area (Å²) in [7, 11) is 1.57. The molecule has 2 aromatic rings. The van der Waals surface area contributed by atoms with Crippen molar-refractivity contribution >= 4 is 29.3 Å². The molecule has 1 atom stereocenters. The van der Waals surface area contributed by atoms with Crippen molar-refractivity contribution in [3.63, 3.8) is 0 Å². The van der Waals surface area contributed by atoms with Crippen molar-refractivity contribution in [3.8, 4) is 5.75 Å². The number of nitrogens with one attached hydrogen (secondary N) is 3. The van der Waals surface area contributed by atoms with Crippen LogP contribution in [-0.2, 0) is 20.8 Å². The molecular formula is C31H46ClFN4O4. The molecule has 3 amide bonds. The lowest BCUT2D eigenvalue weighted by molar-refractivity contribution is -0.136. The molecule has 0 aliphatic carbocycles. The highest BCUT2D eigenvalue weighted by Gasteiger charge is 2.23. The second-order valence-electron chi connectivity index (χ2n) is 9.47. The van der Waals surface area contributed by atoms with E-state index in [0.29, 0.717) is 38.1 Å². The van der Waals surface area contributed by atoms with E-state index in [1.54, 1.807) is 13.1 Å². The normalized spacial score (nSPS) is 17.1. The maximum absolute atomic E-state index is 13.7. The number of nitrogens with zero attached hydrogens (tertiary/aromatic N) is 1. The monoisotopic (exact) mass is 592 g/mol. The van der Waals surface area contributed by atoms with Crippen LogP contribution in [0, 0.1) is 12.7 Å². The van der Waals surface area contributed by atoms with Crippen molar-refractivity contribution in [1.29, 1.82) is 0 Å². The van der Waals surface area contributed by atoms with Crippen LogP contribution in [0.4, 0.5) is 4.39 Å². The molecule has 0 radical (unpaired) electrons. The summed E-state index contributed by atoms with van der Waals surface area (Å²) in [5.41, 5.74) is 2.10. The summed E-state index contributed by atoms with van der Waals surface area (Å²) in [5.74, 6) is -0.798. The molecule has 41 heavy (non-hydrogen) atoms. The third kappa shape index (κ3) is 14.9. The Hall–Kier alpha value is -3.17. The molecule has 0 saturated heterocycles. The maximum atomic E-state index is 13.7. The number of benzene rings is 2. The van der Waals surface area contributed by atoms with Crippen molar-refractivity contribution in [2.75, 3.05) is 39.8 Å². The lowest BCUT2D eigenvalue weighted by Crippen LogP contribution is -2.49. The van der Waals surface area contributed by atoms with Gasteiger partial charge in [-0.2, -0.15) is 0 Å². The number of fused-ring (bicyclic) bond motifs is 1. The smallest absolute Gasteiger partial charge is 0.240 e. The Morgan fingerprint density at radius 3 is 2.39 bits per heavy atom. The van der Waals surface area contributed by atoms with Gasteiger partial charge in [-0.15, -0.1) is 0 Å². The number of halogens is 2. The van der Waals surface area contributed by atoms with E-state index in [0.717, 1.165) is 23.4 Å². The zero-order valence-corrected chi connectivity index (χ0v) is 25.8. The average Bonchev–Trinajstić information content (AvgIpc) is 2.96. The predicted octanol–water partition coefficient (Wildman–Crippen LogP) is 4.66. The summed E-state index contributed by atoms with van der Waals surface area (Å²) in [6.45, 7) is 8.91. The van der Waals surface area contributed by atoms with E-state index < -0.39 is 6.04 Å². The zero-order chi connectivity index (χ0) is 30.6. The van der Waals surface area contributed by atoms with E-state index >= 15 is 0 Å². The van der Waals surface area contributed by atoms with Gasteiger partial charge in [0.1, 0.15) is 18.2 Å². The molecule has 1 heterocycles. The number of hydrogen-bond donors (Lipinski definition) is 3. The highest BCUT2D eigenvalue weighted by atomic mass is 35.5. The number of carbonyl (C=O) groups is 3.